The number of rotatable bonds is 7. The molecule has 0 spiro atoms. The zero-order chi connectivity index (χ0) is 21.7. The van der Waals surface area contributed by atoms with Crippen LogP contribution < -0.4 is 0 Å². The number of halogens is 1. The van der Waals surface area contributed by atoms with Crippen molar-refractivity contribution in [3.63, 3.8) is 0 Å². The predicted molar refractivity (Wildman–Crippen MR) is 114 cm³/mol. The molecule has 0 aliphatic rings. The lowest BCUT2D eigenvalue weighted by Gasteiger charge is -2.20. The molecule has 0 fully saturated rings. The first kappa shape index (κ1) is 23.2. The number of carbonyl (C=O) groups is 1. The number of hydrogen-bond acceptors (Lipinski definition) is 5. The number of benzene rings is 1. The highest BCUT2D eigenvalue weighted by Gasteiger charge is 2.19. The van der Waals surface area contributed by atoms with Gasteiger partial charge in [0.1, 0.15) is 5.82 Å². The van der Waals surface area contributed by atoms with Gasteiger partial charge in [-0.1, -0.05) is 45.9 Å². The Labute approximate surface area is 174 Å². The SMILES string of the molecule is CC(C)c1ccc(F)c(C(C)C)c1CC(=O)N=[S-](=O)c1ccc(CN(C)C)cn1. The Kier molecular flexibility index (Phi) is 8.05. The quantitative estimate of drug-likeness (QED) is 0.606. The Bertz CT molecular complexity index is 947. The largest absolute Gasteiger partial charge is 0.438 e. The third-order valence-corrected chi connectivity index (χ3v) is 5.50. The topological polar surface area (TPSA) is 62.6 Å². The molecule has 0 saturated heterocycles. The molecule has 2 aromatic rings. The van der Waals surface area contributed by atoms with E-state index in [1.54, 1.807) is 18.3 Å². The second-order valence-electron chi connectivity index (χ2n) is 7.99. The highest BCUT2D eigenvalue weighted by molar-refractivity contribution is 7.75. The zero-order valence-corrected chi connectivity index (χ0v) is 18.7. The third-order valence-electron chi connectivity index (χ3n) is 4.53. The molecule has 0 atom stereocenters. The number of nitrogens with zero attached hydrogens (tertiary/aromatic N) is 3. The minimum absolute atomic E-state index is 0.0760. The van der Waals surface area contributed by atoms with E-state index in [1.807, 2.05) is 52.8 Å². The molecule has 29 heavy (non-hydrogen) atoms. The van der Waals surface area contributed by atoms with E-state index in [0.29, 0.717) is 17.7 Å². The molecule has 0 N–H and O–H groups in total. The molecule has 0 unspecified atom stereocenters. The molecule has 7 heteroatoms. The monoisotopic (exact) mass is 418 g/mol. The average Bonchev–Trinajstić information content (AvgIpc) is 2.61. The van der Waals surface area contributed by atoms with Gasteiger partial charge < -0.3 is 13.5 Å². The molecule has 1 heterocycles. The first-order chi connectivity index (χ1) is 13.6. The van der Waals surface area contributed by atoms with Gasteiger partial charge in [-0.05, 0) is 59.3 Å². The first-order valence-electron chi connectivity index (χ1n) is 9.67. The molecule has 0 bridgehead atoms. The van der Waals surface area contributed by atoms with Crippen molar-refractivity contribution in [2.45, 2.75) is 57.5 Å². The van der Waals surface area contributed by atoms with Crippen LogP contribution in [0.25, 0.3) is 0 Å². The Morgan fingerprint density at radius 2 is 1.83 bits per heavy atom. The number of pyridine rings is 1. The summed E-state index contributed by atoms with van der Waals surface area (Å²) in [6.07, 6.45) is 1.55. The Hall–Kier alpha value is -2.12. The normalized spacial score (nSPS) is 12.9. The lowest BCUT2D eigenvalue weighted by molar-refractivity contribution is -0.117. The van der Waals surface area contributed by atoms with Crippen LogP contribution in [0.15, 0.2) is 39.9 Å². The summed E-state index contributed by atoms with van der Waals surface area (Å²) in [4.78, 5) is 18.7. The summed E-state index contributed by atoms with van der Waals surface area (Å²) in [6.45, 7) is 8.50. The summed E-state index contributed by atoms with van der Waals surface area (Å²) < 4.78 is 30.7. The van der Waals surface area contributed by atoms with Crippen LogP contribution in [0.1, 0.15) is 61.8 Å². The number of hydrogen-bond donors (Lipinski definition) is 0. The predicted octanol–water partition coefficient (Wildman–Crippen LogP) is 4.80. The van der Waals surface area contributed by atoms with Crippen molar-refractivity contribution < 1.29 is 13.4 Å². The van der Waals surface area contributed by atoms with Crippen LogP contribution in [0.5, 0.6) is 0 Å². The van der Waals surface area contributed by atoms with E-state index in [9.17, 15) is 13.4 Å². The standard InChI is InChI=1S/C22H29FN3O2S/c1-14(2)17-8-9-19(23)22(15(3)4)18(17)11-20(27)25-29(28)21-10-7-16(12-24-21)13-26(5)6/h7-10,12,14-15H,11,13H2,1-6H3/q-1. The maximum atomic E-state index is 14.4. The van der Waals surface area contributed by atoms with Crippen molar-refractivity contribution in [1.29, 1.82) is 0 Å². The van der Waals surface area contributed by atoms with E-state index in [0.717, 1.165) is 11.1 Å². The van der Waals surface area contributed by atoms with Gasteiger partial charge in [-0.15, -0.1) is 10.6 Å². The van der Waals surface area contributed by atoms with E-state index < -0.39 is 16.5 Å². The van der Waals surface area contributed by atoms with Crippen molar-refractivity contribution in [1.82, 2.24) is 9.88 Å². The third kappa shape index (κ3) is 6.18. The van der Waals surface area contributed by atoms with E-state index in [4.69, 9.17) is 0 Å². The minimum Gasteiger partial charge on any atom is -0.438 e. The highest BCUT2D eigenvalue weighted by Crippen LogP contribution is 2.30. The summed E-state index contributed by atoms with van der Waals surface area (Å²) in [6, 6.07) is 6.61. The summed E-state index contributed by atoms with van der Waals surface area (Å²) in [5, 5.41) is 0.230. The van der Waals surface area contributed by atoms with Crippen molar-refractivity contribution in [3.8, 4) is 0 Å². The Morgan fingerprint density at radius 3 is 2.34 bits per heavy atom. The Morgan fingerprint density at radius 1 is 1.14 bits per heavy atom. The summed E-state index contributed by atoms with van der Waals surface area (Å²) in [5.41, 5.74) is 3.06. The fraction of sp³-hybridized carbons (Fsp3) is 0.455. The summed E-state index contributed by atoms with van der Waals surface area (Å²) >= 11 is 0. The number of aromatic nitrogens is 1. The molecule has 1 amide bonds. The minimum atomic E-state index is -1.89. The van der Waals surface area contributed by atoms with Crippen molar-refractivity contribution in [2.24, 2.45) is 4.36 Å². The molecule has 1 aromatic carbocycles. The van der Waals surface area contributed by atoms with Crippen LogP contribution >= 0.6 is 0 Å². The molecule has 1 aromatic heterocycles. The lowest BCUT2D eigenvalue weighted by Crippen LogP contribution is -2.11. The van der Waals surface area contributed by atoms with E-state index in [1.165, 1.54) is 6.07 Å². The average molecular weight is 419 g/mol. The van der Waals surface area contributed by atoms with Crippen LogP contribution in [0, 0.1) is 5.82 Å². The van der Waals surface area contributed by atoms with Crippen LogP contribution in [0.4, 0.5) is 4.39 Å². The van der Waals surface area contributed by atoms with E-state index in [2.05, 4.69) is 9.35 Å². The Balaban J connectivity index is 2.30. The maximum Gasteiger partial charge on any atom is 0.227 e. The van der Waals surface area contributed by atoms with Crippen molar-refractivity contribution in [2.75, 3.05) is 14.1 Å². The van der Waals surface area contributed by atoms with E-state index >= 15 is 0 Å². The maximum absolute atomic E-state index is 14.4. The second-order valence-corrected chi connectivity index (χ2v) is 9.09. The van der Waals surface area contributed by atoms with Crippen molar-refractivity contribution in [3.05, 3.63) is 58.5 Å². The van der Waals surface area contributed by atoms with Crippen LogP contribution in [-0.2, 0) is 32.6 Å². The molecule has 0 radical (unpaired) electrons. The van der Waals surface area contributed by atoms with E-state index in [-0.39, 0.29) is 29.1 Å². The van der Waals surface area contributed by atoms with Gasteiger partial charge in [0, 0.05) is 12.7 Å². The smallest absolute Gasteiger partial charge is 0.227 e. The summed E-state index contributed by atoms with van der Waals surface area (Å²) in [7, 11) is 2.00. The second kappa shape index (κ2) is 10.1. The van der Waals surface area contributed by atoms with Crippen LogP contribution in [-0.4, -0.2) is 29.9 Å². The molecule has 2 rings (SSSR count). The van der Waals surface area contributed by atoms with Crippen LogP contribution in [0.3, 0.4) is 0 Å². The molecular formula is C22H29FN3O2S-. The highest BCUT2D eigenvalue weighted by atomic mass is 32.2. The molecule has 0 saturated carbocycles. The number of carbonyl (C=O) groups excluding carboxylic acids is 1. The van der Waals surface area contributed by atoms with Crippen LogP contribution in [0.2, 0.25) is 0 Å². The molecule has 5 nitrogen and oxygen atoms in total. The lowest BCUT2D eigenvalue weighted by atomic mass is 9.86. The number of amides is 1. The van der Waals surface area contributed by atoms with Gasteiger partial charge in [0.15, 0.2) is 0 Å². The van der Waals surface area contributed by atoms with Gasteiger partial charge in [-0.2, -0.15) is 0 Å². The van der Waals surface area contributed by atoms with Gasteiger partial charge in [-0.25, -0.2) is 4.39 Å². The summed E-state index contributed by atoms with van der Waals surface area (Å²) in [5.74, 6) is -0.816. The fourth-order valence-corrected chi connectivity index (χ4v) is 3.98. The van der Waals surface area contributed by atoms with Gasteiger partial charge in [0.2, 0.25) is 5.91 Å². The molecule has 158 valence electrons. The zero-order valence-electron chi connectivity index (χ0n) is 17.9. The molecular weight excluding hydrogens is 389 g/mol. The molecule has 0 aliphatic carbocycles. The van der Waals surface area contributed by atoms with Gasteiger partial charge in [0.25, 0.3) is 0 Å². The van der Waals surface area contributed by atoms with Gasteiger partial charge in [-0.3, -0.25) is 9.78 Å². The van der Waals surface area contributed by atoms with Gasteiger partial charge in [0.05, 0.1) is 6.42 Å². The van der Waals surface area contributed by atoms with Gasteiger partial charge >= 0.3 is 0 Å². The van der Waals surface area contributed by atoms with Crippen molar-refractivity contribution >= 4 is 16.5 Å². The molecule has 0 aliphatic heterocycles. The fourth-order valence-electron chi connectivity index (χ4n) is 3.31. The first-order valence-corrected chi connectivity index (χ1v) is 10.8.